The van der Waals surface area contributed by atoms with Crippen molar-refractivity contribution in [2.24, 2.45) is 12.8 Å². The Bertz CT molecular complexity index is 363. The number of hydrogen-bond acceptors (Lipinski definition) is 4. The van der Waals surface area contributed by atoms with Crippen LogP contribution in [0.15, 0.2) is 12.4 Å². The smallest absolute Gasteiger partial charge is 0.0620 e. The molecule has 0 saturated carbocycles. The molecule has 2 rings (SSSR count). The lowest BCUT2D eigenvalue weighted by atomic mass is 10.0. The molecule has 2 N–H and O–H groups in total. The SMILES string of the molecule is CC(N)C(c1cnn(C)c1)N1CCOCC1C. The van der Waals surface area contributed by atoms with Crippen molar-refractivity contribution in [2.75, 3.05) is 19.8 Å². The highest BCUT2D eigenvalue weighted by atomic mass is 16.5. The Morgan fingerprint density at radius 2 is 2.35 bits per heavy atom. The van der Waals surface area contributed by atoms with E-state index in [1.807, 2.05) is 17.9 Å². The van der Waals surface area contributed by atoms with E-state index in [0.717, 1.165) is 19.8 Å². The largest absolute Gasteiger partial charge is 0.379 e. The minimum absolute atomic E-state index is 0.0831. The summed E-state index contributed by atoms with van der Waals surface area (Å²) in [6.07, 6.45) is 3.96. The summed E-state index contributed by atoms with van der Waals surface area (Å²) in [5, 5.41) is 4.24. The molecule has 1 aromatic heterocycles. The van der Waals surface area contributed by atoms with Crippen LogP contribution in [0.3, 0.4) is 0 Å². The first-order valence-electron chi connectivity index (χ1n) is 6.17. The molecule has 96 valence electrons. The Morgan fingerprint density at radius 1 is 1.59 bits per heavy atom. The fourth-order valence-corrected chi connectivity index (χ4v) is 2.54. The lowest BCUT2D eigenvalue weighted by molar-refractivity contribution is -0.0268. The van der Waals surface area contributed by atoms with Crippen molar-refractivity contribution < 1.29 is 4.74 Å². The lowest BCUT2D eigenvalue weighted by Crippen LogP contribution is -2.50. The van der Waals surface area contributed by atoms with Crippen LogP contribution in [0.5, 0.6) is 0 Å². The van der Waals surface area contributed by atoms with Gasteiger partial charge in [0.2, 0.25) is 0 Å². The van der Waals surface area contributed by atoms with Gasteiger partial charge in [-0.15, -0.1) is 0 Å². The molecule has 2 heterocycles. The molecule has 1 aliphatic heterocycles. The van der Waals surface area contributed by atoms with E-state index in [2.05, 4.69) is 30.0 Å². The number of aromatic nitrogens is 2. The van der Waals surface area contributed by atoms with E-state index in [0.29, 0.717) is 6.04 Å². The van der Waals surface area contributed by atoms with Crippen LogP contribution in [0.25, 0.3) is 0 Å². The molecule has 5 heteroatoms. The van der Waals surface area contributed by atoms with Gasteiger partial charge in [0, 0.05) is 37.4 Å². The Hall–Kier alpha value is -0.910. The van der Waals surface area contributed by atoms with Crippen LogP contribution in [0, 0.1) is 0 Å². The minimum Gasteiger partial charge on any atom is -0.379 e. The van der Waals surface area contributed by atoms with Gasteiger partial charge in [0.05, 0.1) is 25.5 Å². The van der Waals surface area contributed by atoms with Crippen molar-refractivity contribution in [3.05, 3.63) is 18.0 Å². The van der Waals surface area contributed by atoms with Crippen molar-refractivity contribution in [2.45, 2.75) is 32.0 Å². The number of rotatable bonds is 3. The summed E-state index contributed by atoms with van der Waals surface area (Å²) in [6, 6.07) is 0.710. The van der Waals surface area contributed by atoms with Gasteiger partial charge in [0.15, 0.2) is 0 Å². The maximum Gasteiger partial charge on any atom is 0.0620 e. The van der Waals surface area contributed by atoms with Gasteiger partial charge >= 0.3 is 0 Å². The summed E-state index contributed by atoms with van der Waals surface area (Å²) in [6.45, 7) is 6.74. The zero-order valence-corrected chi connectivity index (χ0v) is 10.8. The molecule has 0 spiro atoms. The average Bonchev–Trinajstić information content (AvgIpc) is 2.68. The van der Waals surface area contributed by atoms with Gasteiger partial charge in [0.25, 0.3) is 0 Å². The highest BCUT2D eigenvalue weighted by molar-refractivity contribution is 5.13. The Morgan fingerprint density at radius 3 is 2.88 bits per heavy atom. The molecule has 0 amide bonds. The van der Waals surface area contributed by atoms with E-state index in [1.54, 1.807) is 0 Å². The zero-order chi connectivity index (χ0) is 12.4. The van der Waals surface area contributed by atoms with Crippen LogP contribution in [-0.4, -0.2) is 46.5 Å². The molecular weight excluding hydrogens is 216 g/mol. The molecule has 1 aliphatic rings. The summed E-state index contributed by atoms with van der Waals surface area (Å²) in [4.78, 5) is 2.42. The number of ether oxygens (including phenoxy) is 1. The standard InChI is InChI=1S/C12H22N4O/c1-9-8-17-5-4-16(9)12(10(2)13)11-6-14-15(3)7-11/h6-7,9-10,12H,4-5,8,13H2,1-3H3. The molecule has 0 aromatic carbocycles. The summed E-state index contributed by atoms with van der Waals surface area (Å²) in [5.74, 6) is 0. The van der Waals surface area contributed by atoms with Gasteiger partial charge in [-0.2, -0.15) is 5.10 Å². The number of nitrogens with zero attached hydrogens (tertiary/aromatic N) is 3. The van der Waals surface area contributed by atoms with E-state index in [1.165, 1.54) is 5.56 Å². The normalized spacial score (nSPS) is 25.8. The van der Waals surface area contributed by atoms with Crippen LogP contribution in [-0.2, 0) is 11.8 Å². The Balaban J connectivity index is 2.22. The van der Waals surface area contributed by atoms with E-state index < -0.39 is 0 Å². The molecule has 17 heavy (non-hydrogen) atoms. The van der Waals surface area contributed by atoms with Crippen molar-refractivity contribution >= 4 is 0 Å². The molecule has 5 nitrogen and oxygen atoms in total. The van der Waals surface area contributed by atoms with Gasteiger partial charge in [0.1, 0.15) is 0 Å². The van der Waals surface area contributed by atoms with Crippen LogP contribution >= 0.6 is 0 Å². The van der Waals surface area contributed by atoms with Crippen molar-refractivity contribution in [1.82, 2.24) is 14.7 Å². The third-order valence-corrected chi connectivity index (χ3v) is 3.34. The third-order valence-electron chi connectivity index (χ3n) is 3.34. The van der Waals surface area contributed by atoms with E-state index in [4.69, 9.17) is 10.5 Å². The number of aryl methyl sites for hydroxylation is 1. The van der Waals surface area contributed by atoms with Crippen LogP contribution < -0.4 is 5.73 Å². The molecule has 0 aliphatic carbocycles. The van der Waals surface area contributed by atoms with Crippen LogP contribution in [0.4, 0.5) is 0 Å². The third kappa shape index (κ3) is 2.68. The van der Waals surface area contributed by atoms with Gasteiger partial charge in [-0.25, -0.2) is 0 Å². The summed E-state index contributed by atoms with van der Waals surface area (Å²) < 4.78 is 7.31. The van der Waals surface area contributed by atoms with Gasteiger partial charge < -0.3 is 10.5 Å². The maximum absolute atomic E-state index is 6.15. The fraction of sp³-hybridized carbons (Fsp3) is 0.750. The molecule has 1 saturated heterocycles. The molecular formula is C12H22N4O. The summed E-state index contributed by atoms with van der Waals surface area (Å²) >= 11 is 0. The Kier molecular flexibility index (Phi) is 3.81. The Labute approximate surface area is 103 Å². The first kappa shape index (κ1) is 12.5. The number of hydrogen-bond donors (Lipinski definition) is 1. The summed E-state index contributed by atoms with van der Waals surface area (Å²) in [7, 11) is 1.94. The second-order valence-electron chi connectivity index (χ2n) is 4.91. The average molecular weight is 238 g/mol. The van der Waals surface area contributed by atoms with Crippen molar-refractivity contribution in [1.29, 1.82) is 0 Å². The molecule has 3 atom stereocenters. The molecule has 0 radical (unpaired) electrons. The van der Waals surface area contributed by atoms with E-state index in [9.17, 15) is 0 Å². The quantitative estimate of drug-likeness (QED) is 0.834. The van der Waals surface area contributed by atoms with E-state index in [-0.39, 0.29) is 12.1 Å². The zero-order valence-electron chi connectivity index (χ0n) is 10.8. The molecule has 1 aromatic rings. The highest BCUT2D eigenvalue weighted by Gasteiger charge is 2.30. The predicted octanol–water partition coefficient (Wildman–Crippen LogP) is 0.529. The van der Waals surface area contributed by atoms with E-state index >= 15 is 0 Å². The fourth-order valence-electron chi connectivity index (χ4n) is 2.54. The second kappa shape index (κ2) is 5.16. The first-order valence-corrected chi connectivity index (χ1v) is 6.17. The highest BCUT2D eigenvalue weighted by Crippen LogP contribution is 2.26. The van der Waals surface area contributed by atoms with Crippen molar-refractivity contribution in [3.63, 3.8) is 0 Å². The van der Waals surface area contributed by atoms with Gasteiger partial charge in [-0.3, -0.25) is 9.58 Å². The second-order valence-corrected chi connectivity index (χ2v) is 4.91. The number of nitrogens with two attached hydrogens (primary N) is 1. The monoisotopic (exact) mass is 238 g/mol. The van der Waals surface area contributed by atoms with Crippen LogP contribution in [0.1, 0.15) is 25.5 Å². The van der Waals surface area contributed by atoms with Crippen LogP contribution in [0.2, 0.25) is 0 Å². The van der Waals surface area contributed by atoms with Crippen molar-refractivity contribution in [3.8, 4) is 0 Å². The maximum atomic E-state index is 6.15. The molecule has 1 fully saturated rings. The topological polar surface area (TPSA) is 56.3 Å². The first-order chi connectivity index (χ1) is 8.09. The minimum atomic E-state index is 0.0831. The lowest BCUT2D eigenvalue weighted by Gasteiger charge is -2.40. The summed E-state index contributed by atoms with van der Waals surface area (Å²) in [5.41, 5.74) is 7.34. The predicted molar refractivity (Wildman–Crippen MR) is 66.6 cm³/mol. The van der Waals surface area contributed by atoms with Gasteiger partial charge in [-0.05, 0) is 13.8 Å². The molecule has 3 unspecified atom stereocenters. The number of morpholine rings is 1. The molecule has 0 bridgehead atoms. The van der Waals surface area contributed by atoms with Gasteiger partial charge in [-0.1, -0.05) is 0 Å².